The Balaban J connectivity index is 1.53. The van der Waals surface area contributed by atoms with E-state index in [1.54, 1.807) is 33.5 Å². The molecular weight excluding hydrogens is 416 g/mol. The molecular formula is C19H17ClN4O4S. The van der Waals surface area contributed by atoms with Gasteiger partial charge in [0.05, 0.1) is 32.0 Å². The van der Waals surface area contributed by atoms with E-state index in [0.717, 1.165) is 11.3 Å². The van der Waals surface area contributed by atoms with E-state index >= 15 is 0 Å². The van der Waals surface area contributed by atoms with Gasteiger partial charge in [0.25, 0.3) is 5.22 Å². The zero-order valence-corrected chi connectivity index (χ0v) is 17.5. The van der Waals surface area contributed by atoms with Gasteiger partial charge in [-0.3, -0.25) is 0 Å². The Bertz CT molecular complexity index is 1140. The van der Waals surface area contributed by atoms with E-state index < -0.39 is 0 Å². The number of benzene rings is 1. The second-order valence-electron chi connectivity index (χ2n) is 5.92. The Hall–Kier alpha value is -2.91. The molecule has 0 atom stereocenters. The molecule has 4 aromatic rings. The molecule has 3 aromatic heterocycles. The Morgan fingerprint density at radius 3 is 2.48 bits per heavy atom. The lowest BCUT2D eigenvalue weighted by Gasteiger charge is -2.12. The number of ether oxygens (including phenoxy) is 3. The van der Waals surface area contributed by atoms with Crippen LogP contribution >= 0.6 is 23.4 Å². The molecule has 0 aliphatic rings. The monoisotopic (exact) mass is 432 g/mol. The van der Waals surface area contributed by atoms with E-state index in [4.69, 9.17) is 30.2 Å². The smallest absolute Gasteiger partial charge is 0.277 e. The average Bonchev–Trinajstić information content (AvgIpc) is 3.37. The van der Waals surface area contributed by atoms with Crippen LogP contribution in [0.25, 0.3) is 17.1 Å². The van der Waals surface area contributed by atoms with E-state index in [0.29, 0.717) is 44.7 Å². The van der Waals surface area contributed by atoms with Gasteiger partial charge < -0.3 is 23.0 Å². The summed E-state index contributed by atoms with van der Waals surface area (Å²) in [4.78, 5) is 4.54. The lowest BCUT2D eigenvalue weighted by atomic mass is 10.2. The maximum atomic E-state index is 6.01. The molecule has 0 aliphatic carbocycles. The number of thioether (sulfide) groups is 1. The summed E-state index contributed by atoms with van der Waals surface area (Å²) in [7, 11) is 4.66. The first kappa shape index (κ1) is 19.4. The van der Waals surface area contributed by atoms with Crippen molar-refractivity contribution >= 4 is 29.0 Å². The van der Waals surface area contributed by atoms with Gasteiger partial charge in [-0.15, -0.1) is 10.2 Å². The first-order chi connectivity index (χ1) is 14.1. The van der Waals surface area contributed by atoms with Crippen molar-refractivity contribution in [3.05, 3.63) is 47.4 Å². The summed E-state index contributed by atoms with van der Waals surface area (Å²) in [5.41, 5.74) is 2.37. The highest BCUT2D eigenvalue weighted by molar-refractivity contribution is 7.98. The van der Waals surface area contributed by atoms with Crippen molar-refractivity contribution in [2.75, 3.05) is 21.3 Å². The van der Waals surface area contributed by atoms with Crippen LogP contribution in [0.5, 0.6) is 17.2 Å². The minimum atomic E-state index is 0.355. The summed E-state index contributed by atoms with van der Waals surface area (Å²) < 4.78 is 23.7. The van der Waals surface area contributed by atoms with Crippen LogP contribution in [-0.4, -0.2) is 40.9 Å². The second-order valence-corrected chi connectivity index (χ2v) is 7.28. The molecule has 29 heavy (non-hydrogen) atoms. The largest absolute Gasteiger partial charge is 0.493 e. The van der Waals surface area contributed by atoms with E-state index in [9.17, 15) is 0 Å². The van der Waals surface area contributed by atoms with Crippen LogP contribution in [0.4, 0.5) is 0 Å². The summed E-state index contributed by atoms with van der Waals surface area (Å²) in [5.74, 6) is 2.46. The Morgan fingerprint density at radius 2 is 1.79 bits per heavy atom. The molecule has 10 heteroatoms. The number of imidazole rings is 1. The molecule has 0 aliphatic heterocycles. The van der Waals surface area contributed by atoms with Crippen molar-refractivity contribution in [3.8, 4) is 28.7 Å². The molecule has 4 rings (SSSR count). The summed E-state index contributed by atoms with van der Waals surface area (Å²) >= 11 is 7.41. The highest BCUT2D eigenvalue weighted by Gasteiger charge is 2.18. The summed E-state index contributed by atoms with van der Waals surface area (Å²) in [6.07, 6.45) is 3.73. The molecule has 0 radical (unpaired) electrons. The molecule has 0 unspecified atom stereocenters. The van der Waals surface area contributed by atoms with E-state index in [2.05, 4.69) is 15.2 Å². The van der Waals surface area contributed by atoms with Gasteiger partial charge in [0.2, 0.25) is 11.6 Å². The molecule has 0 spiro atoms. The second kappa shape index (κ2) is 8.22. The molecule has 150 valence electrons. The number of rotatable bonds is 7. The SMILES string of the molecule is COc1cc(-c2nnc(SCc3cn4cc(Cl)ccc4n3)o2)cc(OC)c1OC. The average molecular weight is 433 g/mol. The molecule has 0 saturated heterocycles. The van der Waals surface area contributed by atoms with Gasteiger partial charge in [0.15, 0.2) is 11.5 Å². The molecule has 0 saturated carbocycles. The molecule has 0 N–H and O–H groups in total. The summed E-state index contributed by atoms with van der Waals surface area (Å²) in [6.45, 7) is 0. The van der Waals surface area contributed by atoms with E-state index in [1.807, 2.05) is 28.9 Å². The molecule has 1 aromatic carbocycles. The third-order valence-corrected chi connectivity index (χ3v) is 5.20. The van der Waals surface area contributed by atoms with Gasteiger partial charge in [0.1, 0.15) is 5.65 Å². The lowest BCUT2D eigenvalue weighted by molar-refractivity contribution is 0.324. The summed E-state index contributed by atoms with van der Waals surface area (Å²) in [6, 6.07) is 7.19. The van der Waals surface area contributed by atoms with E-state index in [-0.39, 0.29) is 0 Å². The zero-order valence-electron chi connectivity index (χ0n) is 15.9. The van der Waals surface area contributed by atoms with Crippen LogP contribution in [0.15, 0.2) is 46.3 Å². The van der Waals surface area contributed by atoms with Crippen molar-refractivity contribution in [3.63, 3.8) is 0 Å². The van der Waals surface area contributed by atoms with E-state index in [1.165, 1.54) is 11.8 Å². The molecule has 0 amide bonds. The third-order valence-electron chi connectivity index (χ3n) is 4.13. The number of fused-ring (bicyclic) bond motifs is 1. The zero-order chi connectivity index (χ0) is 20.4. The van der Waals surface area contributed by atoms with Crippen LogP contribution in [0.1, 0.15) is 5.69 Å². The van der Waals surface area contributed by atoms with Crippen LogP contribution < -0.4 is 14.2 Å². The molecule has 3 heterocycles. The van der Waals surface area contributed by atoms with Crippen LogP contribution in [0.3, 0.4) is 0 Å². The summed E-state index contributed by atoms with van der Waals surface area (Å²) in [5, 5.41) is 9.32. The van der Waals surface area contributed by atoms with Gasteiger partial charge in [-0.05, 0) is 24.3 Å². The maximum Gasteiger partial charge on any atom is 0.277 e. The highest BCUT2D eigenvalue weighted by atomic mass is 35.5. The lowest BCUT2D eigenvalue weighted by Crippen LogP contribution is -1.95. The number of halogens is 1. The van der Waals surface area contributed by atoms with Crippen molar-refractivity contribution in [2.24, 2.45) is 0 Å². The fourth-order valence-electron chi connectivity index (χ4n) is 2.81. The van der Waals surface area contributed by atoms with Gasteiger partial charge >= 0.3 is 0 Å². The number of methoxy groups -OCH3 is 3. The van der Waals surface area contributed by atoms with Crippen molar-refractivity contribution in [1.82, 2.24) is 19.6 Å². The number of pyridine rings is 1. The Kier molecular flexibility index (Phi) is 5.50. The standard InChI is InChI=1S/C19H17ClN4O4S/c1-25-14-6-11(7-15(26-2)17(14)27-3)18-22-23-19(28-18)29-10-13-9-24-8-12(20)4-5-16(24)21-13/h4-9H,10H2,1-3H3. The fourth-order valence-corrected chi connectivity index (χ4v) is 3.63. The van der Waals surface area contributed by atoms with Crippen LogP contribution in [0.2, 0.25) is 5.02 Å². The first-order valence-electron chi connectivity index (χ1n) is 8.51. The predicted molar refractivity (Wildman–Crippen MR) is 109 cm³/mol. The minimum absolute atomic E-state index is 0.355. The van der Waals surface area contributed by atoms with Gasteiger partial charge in [-0.25, -0.2) is 4.98 Å². The molecule has 0 fully saturated rings. The first-order valence-corrected chi connectivity index (χ1v) is 9.87. The molecule has 8 nitrogen and oxygen atoms in total. The topological polar surface area (TPSA) is 83.9 Å². The Labute approximate surface area is 175 Å². The maximum absolute atomic E-state index is 6.01. The van der Waals surface area contributed by atoms with Crippen LogP contribution in [0, 0.1) is 0 Å². The number of hydrogen-bond donors (Lipinski definition) is 0. The van der Waals surface area contributed by atoms with Crippen LogP contribution in [-0.2, 0) is 5.75 Å². The number of hydrogen-bond acceptors (Lipinski definition) is 8. The fraction of sp³-hybridized carbons (Fsp3) is 0.211. The third kappa shape index (κ3) is 3.96. The van der Waals surface area contributed by atoms with Crippen molar-refractivity contribution in [2.45, 2.75) is 11.0 Å². The van der Waals surface area contributed by atoms with Crippen molar-refractivity contribution in [1.29, 1.82) is 0 Å². The predicted octanol–water partition coefficient (Wildman–Crippen LogP) is 4.36. The highest BCUT2D eigenvalue weighted by Crippen LogP contribution is 2.41. The van der Waals surface area contributed by atoms with Gasteiger partial charge in [0, 0.05) is 23.7 Å². The van der Waals surface area contributed by atoms with Gasteiger partial charge in [-0.1, -0.05) is 23.4 Å². The Morgan fingerprint density at radius 1 is 1.03 bits per heavy atom. The van der Waals surface area contributed by atoms with Gasteiger partial charge in [-0.2, -0.15) is 0 Å². The number of nitrogens with zero attached hydrogens (tertiary/aromatic N) is 4. The normalized spacial score (nSPS) is 11.0. The van der Waals surface area contributed by atoms with Crippen molar-refractivity contribution < 1.29 is 18.6 Å². The number of aromatic nitrogens is 4. The quantitative estimate of drug-likeness (QED) is 0.398. The minimum Gasteiger partial charge on any atom is -0.493 e. The molecule has 0 bridgehead atoms.